The van der Waals surface area contributed by atoms with Gasteiger partial charge in [0.1, 0.15) is 0 Å². The second kappa shape index (κ2) is 8.22. The molecule has 1 atom stereocenters. The monoisotopic (exact) mass is 461 g/mol. The molecule has 0 spiro atoms. The molecule has 1 saturated heterocycles. The second-order valence-corrected chi connectivity index (χ2v) is 12.1. The molecule has 32 heavy (non-hydrogen) atoms. The molecule has 4 aliphatic carbocycles. The number of ketones is 1. The Hall–Kier alpha value is -1.77. The van der Waals surface area contributed by atoms with Crippen LogP contribution in [-0.4, -0.2) is 56.9 Å². The molecule has 0 amide bonds. The molecule has 1 heterocycles. The number of carbonyl (C=O) groups excluding carboxylic acids is 2. The molecule has 1 aromatic carbocycles. The van der Waals surface area contributed by atoms with Crippen molar-refractivity contribution in [3.05, 3.63) is 29.8 Å². The highest BCUT2D eigenvalue weighted by Gasteiger charge is 2.55. The van der Waals surface area contributed by atoms with Crippen LogP contribution in [0.1, 0.15) is 55.8 Å². The Balaban J connectivity index is 1.24. The van der Waals surface area contributed by atoms with Crippen molar-refractivity contribution < 1.29 is 27.5 Å². The molecule has 0 radical (unpaired) electrons. The Labute approximate surface area is 189 Å². The molecule has 0 aromatic heterocycles. The van der Waals surface area contributed by atoms with Crippen LogP contribution in [0.5, 0.6) is 0 Å². The van der Waals surface area contributed by atoms with E-state index in [2.05, 4.69) is 0 Å². The molecule has 4 saturated carbocycles. The van der Waals surface area contributed by atoms with Gasteiger partial charge in [-0.1, -0.05) is 0 Å². The molecule has 174 valence electrons. The summed E-state index contributed by atoms with van der Waals surface area (Å²) in [4.78, 5) is 26.2. The third kappa shape index (κ3) is 3.90. The van der Waals surface area contributed by atoms with Crippen molar-refractivity contribution in [3.8, 4) is 0 Å². The largest absolute Gasteiger partial charge is 0.451 e. The zero-order valence-corrected chi connectivity index (χ0v) is 19.3. The standard InChI is InChI=1S/C24H31NO6S/c1-16(22(26)24-13-17-10-18(14-24)12-19(11-17)15-24)31-23(27)20-2-4-21(5-3-20)32(28,29)25-6-8-30-9-7-25/h2-5,16-19H,6-15H2,1H3. The van der Waals surface area contributed by atoms with Crippen molar-refractivity contribution in [3.63, 3.8) is 0 Å². The normalized spacial score (nSPS) is 33.1. The molecule has 8 heteroatoms. The minimum atomic E-state index is -3.62. The average Bonchev–Trinajstić information content (AvgIpc) is 2.78. The van der Waals surface area contributed by atoms with E-state index >= 15 is 0 Å². The lowest BCUT2D eigenvalue weighted by Crippen LogP contribution is -2.52. The highest BCUT2D eigenvalue weighted by atomic mass is 32.2. The van der Waals surface area contributed by atoms with Gasteiger partial charge in [0.15, 0.2) is 11.9 Å². The zero-order chi connectivity index (χ0) is 22.5. The predicted molar refractivity (Wildman–Crippen MR) is 117 cm³/mol. The fourth-order valence-corrected chi connectivity index (χ4v) is 8.23. The molecule has 5 aliphatic rings. The Bertz CT molecular complexity index is 961. The Morgan fingerprint density at radius 3 is 2.06 bits per heavy atom. The number of nitrogens with zero attached hydrogens (tertiary/aromatic N) is 1. The van der Waals surface area contributed by atoms with E-state index in [-0.39, 0.29) is 21.7 Å². The first-order valence-corrected chi connectivity index (χ1v) is 13.1. The summed E-state index contributed by atoms with van der Waals surface area (Å²) in [6.07, 6.45) is 5.77. The minimum Gasteiger partial charge on any atom is -0.451 e. The highest BCUT2D eigenvalue weighted by molar-refractivity contribution is 7.89. The van der Waals surface area contributed by atoms with E-state index in [1.54, 1.807) is 6.92 Å². The van der Waals surface area contributed by atoms with Gasteiger partial charge in [-0.3, -0.25) is 4.79 Å². The van der Waals surface area contributed by atoms with E-state index in [1.165, 1.54) is 47.8 Å². The first-order valence-electron chi connectivity index (χ1n) is 11.7. The lowest BCUT2D eigenvalue weighted by molar-refractivity contribution is -0.152. The van der Waals surface area contributed by atoms with E-state index in [4.69, 9.17) is 9.47 Å². The summed E-state index contributed by atoms with van der Waals surface area (Å²) in [5.74, 6) is 1.42. The highest BCUT2D eigenvalue weighted by Crippen LogP contribution is 2.60. The van der Waals surface area contributed by atoms with Gasteiger partial charge < -0.3 is 9.47 Å². The van der Waals surface area contributed by atoms with Gasteiger partial charge in [0, 0.05) is 18.5 Å². The number of rotatable bonds is 6. The van der Waals surface area contributed by atoms with Crippen molar-refractivity contribution in [1.82, 2.24) is 4.31 Å². The third-order valence-electron chi connectivity index (χ3n) is 7.91. The number of carbonyl (C=O) groups is 2. The summed E-state index contributed by atoms with van der Waals surface area (Å²) in [6.45, 7) is 3.06. The SMILES string of the molecule is CC(OC(=O)c1ccc(S(=O)(=O)N2CCOCC2)cc1)C(=O)C12CC3CC(CC(C3)C1)C2. The number of morpholine rings is 1. The Morgan fingerprint density at radius 1 is 1.00 bits per heavy atom. The molecule has 1 aliphatic heterocycles. The predicted octanol–water partition coefficient (Wildman–Crippen LogP) is 3.04. The maximum Gasteiger partial charge on any atom is 0.338 e. The van der Waals surface area contributed by atoms with Crippen LogP contribution in [0.15, 0.2) is 29.2 Å². The van der Waals surface area contributed by atoms with Crippen LogP contribution in [0.25, 0.3) is 0 Å². The van der Waals surface area contributed by atoms with E-state index < -0.39 is 22.1 Å². The van der Waals surface area contributed by atoms with Crippen LogP contribution in [0, 0.1) is 23.2 Å². The van der Waals surface area contributed by atoms with Crippen molar-refractivity contribution in [2.24, 2.45) is 23.2 Å². The van der Waals surface area contributed by atoms with Crippen LogP contribution >= 0.6 is 0 Å². The Morgan fingerprint density at radius 2 is 1.53 bits per heavy atom. The van der Waals surface area contributed by atoms with Crippen molar-refractivity contribution >= 4 is 21.8 Å². The third-order valence-corrected chi connectivity index (χ3v) is 9.82. The molecule has 1 unspecified atom stereocenters. The van der Waals surface area contributed by atoms with Gasteiger partial charge in [0.05, 0.1) is 23.7 Å². The van der Waals surface area contributed by atoms with Crippen molar-refractivity contribution in [2.75, 3.05) is 26.3 Å². The molecule has 4 bridgehead atoms. The van der Waals surface area contributed by atoms with Crippen LogP contribution in [0.4, 0.5) is 0 Å². The maximum absolute atomic E-state index is 13.4. The van der Waals surface area contributed by atoms with Gasteiger partial charge in [0.2, 0.25) is 10.0 Å². The van der Waals surface area contributed by atoms with Crippen LogP contribution < -0.4 is 0 Å². The van der Waals surface area contributed by atoms with Crippen LogP contribution in [0.3, 0.4) is 0 Å². The van der Waals surface area contributed by atoms with Gasteiger partial charge in [-0.2, -0.15) is 4.31 Å². The van der Waals surface area contributed by atoms with Crippen LogP contribution in [-0.2, 0) is 24.3 Å². The number of sulfonamides is 1. The smallest absolute Gasteiger partial charge is 0.338 e. The summed E-state index contributed by atoms with van der Waals surface area (Å²) < 4.78 is 37.7. The van der Waals surface area contributed by atoms with Gasteiger partial charge in [0.25, 0.3) is 0 Å². The maximum atomic E-state index is 13.4. The molecule has 0 N–H and O–H groups in total. The number of Topliss-reactive ketones (excluding diaryl/α,β-unsaturated/α-hetero) is 1. The fourth-order valence-electron chi connectivity index (χ4n) is 6.82. The molecular formula is C24H31NO6S. The summed E-state index contributed by atoms with van der Waals surface area (Å²) in [5.41, 5.74) is -0.0686. The molecular weight excluding hydrogens is 430 g/mol. The van der Waals surface area contributed by atoms with Gasteiger partial charge in [-0.25, -0.2) is 13.2 Å². The lowest BCUT2D eigenvalue weighted by Gasteiger charge is -2.56. The van der Waals surface area contributed by atoms with E-state index in [0.29, 0.717) is 44.1 Å². The zero-order valence-electron chi connectivity index (χ0n) is 18.5. The summed E-state index contributed by atoms with van der Waals surface area (Å²) in [6, 6.07) is 5.76. The molecule has 6 rings (SSSR count). The van der Waals surface area contributed by atoms with E-state index in [1.807, 2.05) is 0 Å². The topological polar surface area (TPSA) is 90.0 Å². The number of ether oxygens (including phenoxy) is 2. The lowest BCUT2D eigenvalue weighted by atomic mass is 9.48. The minimum absolute atomic E-state index is 0.0662. The summed E-state index contributed by atoms with van der Waals surface area (Å²) in [5, 5.41) is 0. The summed E-state index contributed by atoms with van der Waals surface area (Å²) >= 11 is 0. The van der Waals surface area contributed by atoms with E-state index in [9.17, 15) is 18.0 Å². The van der Waals surface area contributed by atoms with Gasteiger partial charge >= 0.3 is 5.97 Å². The molecule has 1 aromatic rings. The van der Waals surface area contributed by atoms with Crippen LogP contribution in [0.2, 0.25) is 0 Å². The Kier molecular flexibility index (Phi) is 5.66. The number of benzene rings is 1. The first kappa shape index (κ1) is 22.0. The van der Waals surface area contributed by atoms with Crippen molar-refractivity contribution in [1.29, 1.82) is 0 Å². The second-order valence-electron chi connectivity index (χ2n) is 10.2. The van der Waals surface area contributed by atoms with Crippen molar-refractivity contribution in [2.45, 2.75) is 56.4 Å². The molecule has 7 nitrogen and oxygen atoms in total. The first-order chi connectivity index (χ1) is 15.3. The average molecular weight is 462 g/mol. The number of hydrogen-bond acceptors (Lipinski definition) is 6. The van der Waals surface area contributed by atoms with E-state index in [0.717, 1.165) is 19.3 Å². The van der Waals surface area contributed by atoms with Gasteiger partial charge in [-0.05, 0) is 87.5 Å². The quantitative estimate of drug-likeness (QED) is 0.605. The van der Waals surface area contributed by atoms with Gasteiger partial charge in [-0.15, -0.1) is 0 Å². The number of esters is 1. The number of hydrogen-bond donors (Lipinski definition) is 0. The fraction of sp³-hybridized carbons (Fsp3) is 0.667. The molecule has 5 fully saturated rings. The summed E-state index contributed by atoms with van der Waals surface area (Å²) in [7, 11) is -3.62.